The van der Waals surface area contributed by atoms with Gasteiger partial charge in [-0.25, -0.2) is 0 Å². The molecule has 0 N–H and O–H groups in total. The van der Waals surface area contributed by atoms with Crippen molar-refractivity contribution in [3.05, 3.63) is 0 Å². The molecule has 0 bridgehead atoms. The van der Waals surface area contributed by atoms with Gasteiger partial charge in [-0.05, 0) is 38.1 Å². The lowest BCUT2D eigenvalue weighted by Crippen LogP contribution is -2.26. The summed E-state index contributed by atoms with van der Waals surface area (Å²) in [5.74, 6) is 0. The summed E-state index contributed by atoms with van der Waals surface area (Å²) in [6, 6.07) is 0. The molecule has 1 nitrogen and oxygen atoms in total. The molecule has 0 aromatic rings. The maximum atomic E-state index is 2.60. The average Bonchev–Trinajstić information content (AvgIpc) is 2.41. The first-order valence-electron chi connectivity index (χ1n) is 4.10. The fraction of sp³-hybridized carbons (Fsp3) is 1.00. The predicted octanol–water partition coefficient (Wildman–Crippen LogP) is 2.25. The van der Waals surface area contributed by atoms with Crippen molar-refractivity contribution >= 4 is 22.6 Å². The summed E-state index contributed by atoms with van der Waals surface area (Å²) in [5, 5.41) is 0. The van der Waals surface area contributed by atoms with E-state index in [1.165, 1.54) is 32.4 Å². The van der Waals surface area contributed by atoms with Crippen molar-refractivity contribution in [2.45, 2.75) is 30.2 Å². The van der Waals surface area contributed by atoms with Crippen LogP contribution < -0.4 is 0 Å². The second-order valence-corrected chi connectivity index (χ2v) is 5.60. The summed E-state index contributed by atoms with van der Waals surface area (Å²) in [6.45, 7) is 5.03. The molecule has 1 aliphatic heterocycles. The lowest BCUT2D eigenvalue weighted by atomic mass is 10.1. The SMILES string of the molecule is C[C@H](I)N1CCC2(CC2)C1. The zero-order valence-corrected chi connectivity index (χ0v) is 8.60. The van der Waals surface area contributed by atoms with Gasteiger partial charge < -0.3 is 0 Å². The molecule has 1 heterocycles. The van der Waals surface area contributed by atoms with Gasteiger partial charge in [-0.1, -0.05) is 22.6 Å². The minimum absolute atomic E-state index is 0.748. The van der Waals surface area contributed by atoms with E-state index >= 15 is 0 Å². The molecule has 10 heavy (non-hydrogen) atoms. The Morgan fingerprint density at radius 2 is 2.10 bits per heavy atom. The molecular weight excluding hydrogens is 237 g/mol. The number of halogens is 1. The Hall–Kier alpha value is 0.690. The molecule has 1 saturated heterocycles. The second kappa shape index (κ2) is 2.34. The van der Waals surface area contributed by atoms with Gasteiger partial charge >= 0.3 is 0 Å². The Morgan fingerprint density at radius 3 is 2.40 bits per heavy atom. The van der Waals surface area contributed by atoms with E-state index in [0.717, 1.165) is 9.46 Å². The van der Waals surface area contributed by atoms with Crippen LogP contribution in [0.1, 0.15) is 26.2 Å². The monoisotopic (exact) mass is 251 g/mol. The largest absolute Gasteiger partial charge is 0.291 e. The van der Waals surface area contributed by atoms with Crippen molar-refractivity contribution in [2.75, 3.05) is 13.1 Å². The molecule has 0 radical (unpaired) electrons. The summed E-state index contributed by atoms with van der Waals surface area (Å²) in [6.07, 6.45) is 4.49. The van der Waals surface area contributed by atoms with Crippen LogP contribution in [-0.4, -0.2) is 22.0 Å². The molecule has 2 fully saturated rings. The number of hydrogen-bond donors (Lipinski definition) is 0. The summed E-state index contributed by atoms with van der Waals surface area (Å²) in [7, 11) is 0. The van der Waals surface area contributed by atoms with Crippen LogP contribution in [0, 0.1) is 5.41 Å². The van der Waals surface area contributed by atoms with Gasteiger partial charge in [0.05, 0.1) is 4.05 Å². The molecule has 0 amide bonds. The molecule has 0 aromatic carbocycles. The minimum atomic E-state index is 0.748. The normalized spacial score (nSPS) is 33.0. The van der Waals surface area contributed by atoms with E-state index in [1.807, 2.05) is 0 Å². The number of rotatable bonds is 1. The quantitative estimate of drug-likeness (QED) is 0.392. The van der Waals surface area contributed by atoms with Crippen molar-refractivity contribution < 1.29 is 0 Å². The molecular formula is C8H14IN. The molecule has 1 saturated carbocycles. The molecule has 0 unspecified atom stereocenters. The summed E-state index contributed by atoms with van der Waals surface area (Å²) in [5.41, 5.74) is 0.819. The number of likely N-dealkylation sites (tertiary alicyclic amines) is 1. The molecule has 58 valence electrons. The number of alkyl halides is 1. The van der Waals surface area contributed by atoms with Gasteiger partial charge in [-0.2, -0.15) is 0 Å². The van der Waals surface area contributed by atoms with E-state index in [1.54, 1.807) is 0 Å². The Kier molecular flexibility index (Phi) is 1.72. The average molecular weight is 251 g/mol. The highest BCUT2D eigenvalue weighted by Gasteiger charge is 2.47. The standard InChI is InChI=1S/C8H14IN/c1-7(9)10-5-4-8(6-10)2-3-8/h7H,2-6H2,1H3/t7-/m1/s1. The van der Waals surface area contributed by atoms with Crippen LogP contribution >= 0.6 is 22.6 Å². The zero-order chi connectivity index (χ0) is 7.19. The van der Waals surface area contributed by atoms with E-state index < -0.39 is 0 Å². The summed E-state index contributed by atoms with van der Waals surface area (Å²) >= 11 is 2.51. The van der Waals surface area contributed by atoms with Crippen LogP contribution in [0.3, 0.4) is 0 Å². The third kappa shape index (κ3) is 1.20. The third-order valence-corrected chi connectivity index (χ3v) is 3.72. The summed E-state index contributed by atoms with van der Waals surface area (Å²) in [4.78, 5) is 2.60. The van der Waals surface area contributed by atoms with Gasteiger partial charge in [0, 0.05) is 6.54 Å². The van der Waals surface area contributed by atoms with Crippen molar-refractivity contribution in [1.29, 1.82) is 0 Å². The van der Waals surface area contributed by atoms with Gasteiger partial charge in [-0.15, -0.1) is 0 Å². The van der Waals surface area contributed by atoms with Crippen LogP contribution in [0.5, 0.6) is 0 Å². The van der Waals surface area contributed by atoms with E-state index in [2.05, 4.69) is 34.4 Å². The third-order valence-electron chi connectivity index (χ3n) is 2.93. The van der Waals surface area contributed by atoms with Crippen LogP contribution in [0.25, 0.3) is 0 Å². The maximum Gasteiger partial charge on any atom is 0.0590 e. The Morgan fingerprint density at radius 1 is 1.40 bits per heavy atom. The molecule has 0 aromatic heterocycles. The van der Waals surface area contributed by atoms with Crippen molar-refractivity contribution in [2.24, 2.45) is 5.41 Å². The fourth-order valence-electron chi connectivity index (χ4n) is 1.86. The van der Waals surface area contributed by atoms with Gasteiger partial charge in [0.25, 0.3) is 0 Å². The van der Waals surface area contributed by atoms with Gasteiger partial charge in [0.1, 0.15) is 0 Å². The lowest BCUT2D eigenvalue weighted by Gasteiger charge is -2.18. The van der Waals surface area contributed by atoms with Crippen LogP contribution in [0.2, 0.25) is 0 Å². The number of hydrogen-bond acceptors (Lipinski definition) is 1. The smallest absolute Gasteiger partial charge is 0.0590 e. The van der Waals surface area contributed by atoms with Gasteiger partial charge in [0.15, 0.2) is 0 Å². The second-order valence-electron chi connectivity index (χ2n) is 3.79. The first-order chi connectivity index (χ1) is 4.72. The first kappa shape index (κ1) is 7.35. The summed E-state index contributed by atoms with van der Waals surface area (Å²) < 4.78 is 0.748. The van der Waals surface area contributed by atoms with E-state index in [0.29, 0.717) is 0 Å². The van der Waals surface area contributed by atoms with Gasteiger partial charge in [0.2, 0.25) is 0 Å². The molecule has 2 heteroatoms. The van der Waals surface area contributed by atoms with Crippen LogP contribution in [-0.2, 0) is 0 Å². The van der Waals surface area contributed by atoms with Crippen molar-refractivity contribution in [3.8, 4) is 0 Å². The topological polar surface area (TPSA) is 3.24 Å². The highest BCUT2D eigenvalue weighted by Crippen LogP contribution is 2.53. The lowest BCUT2D eigenvalue weighted by molar-refractivity contribution is 0.324. The molecule has 1 aliphatic carbocycles. The molecule has 2 aliphatic rings. The zero-order valence-electron chi connectivity index (χ0n) is 6.44. The molecule has 1 spiro atoms. The maximum absolute atomic E-state index is 2.60. The van der Waals surface area contributed by atoms with Crippen molar-refractivity contribution in [3.63, 3.8) is 0 Å². The first-order valence-corrected chi connectivity index (χ1v) is 5.35. The fourth-order valence-corrected chi connectivity index (χ4v) is 2.33. The molecule has 1 atom stereocenters. The van der Waals surface area contributed by atoms with E-state index in [-0.39, 0.29) is 0 Å². The number of nitrogens with zero attached hydrogens (tertiary/aromatic N) is 1. The van der Waals surface area contributed by atoms with Crippen LogP contribution in [0.4, 0.5) is 0 Å². The highest BCUT2D eigenvalue weighted by atomic mass is 127. The Bertz CT molecular complexity index is 140. The molecule has 2 rings (SSSR count). The predicted molar refractivity (Wildman–Crippen MR) is 51.3 cm³/mol. The Balaban J connectivity index is 1.93. The van der Waals surface area contributed by atoms with Crippen LogP contribution in [0.15, 0.2) is 0 Å². The minimum Gasteiger partial charge on any atom is -0.291 e. The van der Waals surface area contributed by atoms with Crippen molar-refractivity contribution in [1.82, 2.24) is 4.90 Å². The Labute approximate surface area is 76.3 Å². The van der Waals surface area contributed by atoms with Gasteiger partial charge in [-0.3, -0.25) is 4.90 Å². The highest BCUT2D eigenvalue weighted by molar-refractivity contribution is 14.1. The van der Waals surface area contributed by atoms with E-state index in [9.17, 15) is 0 Å². The van der Waals surface area contributed by atoms with E-state index in [4.69, 9.17) is 0 Å².